The second kappa shape index (κ2) is 48.9. The first kappa shape index (κ1) is 63.5. The Morgan fingerprint density at radius 1 is 0.441 bits per heavy atom. The van der Waals surface area contributed by atoms with Crippen LogP contribution in [0.1, 0.15) is 174 Å². The molecule has 0 bridgehead atoms. The van der Waals surface area contributed by atoms with E-state index in [0.29, 0.717) is 19.3 Å². The molecule has 382 valence electrons. The van der Waals surface area contributed by atoms with Gasteiger partial charge in [0.05, 0.1) is 34.4 Å². The van der Waals surface area contributed by atoms with Gasteiger partial charge in [0.2, 0.25) is 0 Å². The lowest BCUT2D eigenvalue weighted by Gasteiger charge is -2.31. The van der Waals surface area contributed by atoms with Crippen molar-refractivity contribution >= 4 is 17.9 Å². The number of quaternary nitrogens is 1. The van der Waals surface area contributed by atoms with E-state index in [2.05, 4.69) is 148 Å². The molecule has 0 fully saturated rings. The van der Waals surface area contributed by atoms with E-state index in [9.17, 15) is 19.5 Å². The number of nitrogens with zero attached hydrogens (tertiary/aromatic N) is 1. The highest BCUT2D eigenvalue weighted by Crippen LogP contribution is 2.13. The first-order valence-electron chi connectivity index (χ1n) is 26.2. The van der Waals surface area contributed by atoms with Crippen LogP contribution in [0.5, 0.6) is 0 Å². The van der Waals surface area contributed by atoms with Crippen LogP contribution >= 0.6 is 0 Å². The van der Waals surface area contributed by atoms with Crippen molar-refractivity contribution in [1.82, 2.24) is 0 Å². The number of carboxylic acid groups (broad SMARTS) is 1. The van der Waals surface area contributed by atoms with Crippen molar-refractivity contribution in [2.45, 2.75) is 187 Å². The van der Waals surface area contributed by atoms with E-state index >= 15 is 0 Å². The van der Waals surface area contributed by atoms with Crippen molar-refractivity contribution in [3.05, 3.63) is 134 Å². The Labute approximate surface area is 415 Å². The third-order valence-corrected chi connectivity index (χ3v) is 10.8. The summed E-state index contributed by atoms with van der Waals surface area (Å²) in [7, 11) is 5.50. The highest BCUT2D eigenvalue weighted by atomic mass is 16.6. The summed E-state index contributed by atoms with van der Waals surface area (Å²) < 4.78 is 17.3. The van der Waals surface area contributed by atoms with Gasteiger partial charge in [-0.25, -0.2) is 4.79 Å². The summed E-state index contributed by atoms with van der Waals surface area (Å²) in [6.45, 7) is 4.43. The second-order valence-electron chi connectivity index (χ2n) is 18.0. The normalized spacial score (nSPS) is 14.0. The molecule has 0 aromatic rings. The summed E-state index contributed by atoms with van der Waals surface area (Å²) in [6, 6.07) is -0.635. The maximum absolute atomic E-state index is 12.8. The number of ether oxygens (including phenoxy) is 3. The zero-order valence-corrected chi connectivity index (χ0v) is 43.5. The SMILES string of the molecule is CC/C=C/C/C=C/C/C=C/C/C=C/C/C=C/C/C=C/CCCCC(=O)OC(COCCC(C(=O)O)[N+](C)(C)C)COC(=O)CCCCCCCCC/C=C/C/C=C/C/C=C/C/C=C/C/C=C/CC. The number of hydrogen-bond donors (Lipinski definition) is 1. The van der Waals surface area contributed by atoms with Crippen molar-refractivity contribution < 1.29 is 38.2 Å². The molecule has 0 spiro atoms. The Balaban J connectivity index is 4.37. The molecule has 8 nitrogen and oxygen atoms in total. The second-order valence-corrected chi connectivity index (χ2v) is 18.0. The minimum absolute atomic E-state index is 0.0299. The zero-order valence-electron chi connectivity index (χ0n) is 43.5. The number of esters is 2. The Morgan fingerprint density at radius 2 is 0.779 bits per heavy atom. The van der Waals surface area contributed by atoms with Crippen LogP contribution in [0, 0.1) is 0 Å². The first-order valence-corrected chi connectivity index (χ1v) is 26.2. The molecule has 8 heteroatoms. The molecule has 2 unspecified atom stereocenters. The monoisotopic (exact) mass is 943 g/mol. The molecule has 0 radical (unpaired) electrons. The third-order valence-electron chi connectivity index (χ3n) is 10.8. The molecule has 0 rings (SSSR count). The van der Waals surface area contributed by atoms with E-state index < -0.39 is 18.1 Å². The molecule has 0 aromatic carbocycles. The topological polar surface area (TPSA) is 99.1 Å². The summed E-state index contributed by atoms with van der Waals surface area (Å²) in [5.41, 5.74) is 0. The van der Waals surface area contributed by atoms with Gasteiger partial charge in [-0.1, -0.05) is 180 Å². The highest BCUT2D eigenvalue weighted by molar-refractivity contribution is 5.72. The van der Waals surface area contributed by atoms with E-state index in [4.69, 9.17) is 14.2 Å². The van der Waals surface area contributed by atoms with Crippen LogP contribution < -0.4 is 0 Å². The molecule has 0 aliphatic heterocycles. The van der Waals surface area contributed by atoms with Gasteiger partial charge in [0, 0.05) is 19.3 Å². The lowest BCUT2D eigenvalue weighted by atomic mass is 10.1. The smallest absolute Gasteiger partial charge is 0.362 e. The van der Waals surface area contributed by atoms with Crippen LogP contribution in [0.15, 0.2) is 134 Å². The quantitative estimate of drug-likeness (QED) is 0.0281. The van der Waals surface area contributed by atoms with E-state index in [-0.39, 0.29) is 42.7 Å². The zero-order chi connectivity index (χ0) is 49.9. The summed E-state index contributed by atoms with van der Waals surface area (Å²) in [4.78, 5) is 37.2. The summed E-state index contributed by atoms with van der Waals surface area (Å²) in [5, 5.41) is 9.66. The Bertz CT molecular complexity index is 1570. The molecule has 1 N–H and O–H groups in total. The van der Waals surface area contributed by atoms with E-state index in [0.717, 1.165) is 116 Å². The van der Waals surface area contributed by atoms with E-state index in [1.807, 2.05) is 21.1 Å². The summed E-state index contributed by atoms with van der Waals surface area (Å²) >= 11 is 0. The fraction of sp³-hybridized carbons (Fsp3) is 0.583. The number of allylic oxidation sites excluding steroid dienone is 22. The number of rotatable bonds is 45. The van der Waals surface area contributed by atoms with Crippen LogP contribution in [-0.2, 0) is 28.6 Å². The molecule has 0 amide bonds. The Morgan fingerprint density at radius 3 is 1.18 bits per heavy atom. The van der Waals surface area contributed by atoms with Crippen molar-refractivity contribution in [2.75, 3.05) is 41.0 Å². The molecule has 0 aliphatic carbocycles. The molecule has 0 aliphatic rings. The minimum atomic E-state index is -0.890. The standard InChI is InChI=1S/C60H95NO7/c1-6-8-10-12-14-16-18-20-22-24-26-28-29-31-32-34-36-38-40-42-44-46-48-50-58(62)67-55-56(54-66-53-52-57(60(64)65)61(3,4)5)68-59(63)51-49-47-45-43-41-39-37-35-33-30-27-25-23-21-19-17-15-13-11-9-7-2/h8-11,14-17,20-23,26-28,30-32,35,37,41,43,56-57H,6-7,12-13,18-19,24-25,29,33-34,36,38-40,42,44-55H2,1-5H3/p+1/b10-8+,11-9+,16-14+,17-15+,22-20+,23-21+,28-26+,30-27+,32-31+,37-35+,43-41+. The van der Waals surface area contributed by atoms with Gasteiger partial charge in [0.25, 0.3) is 0 Å². The van der Waals surface area contributed by atoms with Crippen LogP contribution in [0.2, 0.25) is 0 Å². The van der Waals surface area contributed by atoms with E-state index in [1.165, 1.54) is 19.3 Å². The van der Waals surface area contributed by atoms with Crippen molar-refractivity contribution in [1.29, 1.82) is 0 Å². The summed E-state index contributed by atoms with van der Waals surface area (Å²) in [5.74, 6) is -1.56. The number of carbonyl (C=O) groups is 3. The lowest BCUT2D eigenvalue weighted by molar-refractivity contribution is -0.887. The third kappa shape index (κ3) is 46.6. The fourth-order valence-electron chi connectivity index (χ4n) is 6.83. The van der Waals surface area contributed by atoms with Gasteiger partial charge >= 0.3 is 17.9 Å². The molecule has 0 aromatic heterocycles. The number of likely N-dealkylation sites (N-methyl/N-ethyl adjacent to an activating group) is 1. The Hall–Kier alpha value is -4.53. The number of carbonyl (C=O) groups excluding carboxylic acids is 2. The number of unbranched alkanes of at least 4 members (excludes halogenated alkanes) is 9. The van der Waals surface area contributed by atoms with Crippen LogP contribution in [-0.4, -0.2) is 80.6 Å². The molecule has 0 saturated carbocycles. The van der Waals surface area contributed by atoms with Crippen molar-refractivity contribution in [3.63, 3.8) is 0 Å². The molecule has 2 atom stereocenters. The van der Waals surface area contributed by atoms with Crippen LogP contribution in [0.4, 0.5) is 0 Å². The maximum atomic E-state index is 12.8. The highest BCUT2D eigenvalue weighted by Gasteiger charge is 2.31. The van der Waals surface area contributed by atoms with Gasteiger partial charge < -0.3 is 23.8 Å². The predicted octanol–water partition coefficient (Wildman–Crippen LogP) is 15.5. The van der Waals surface area contributed by atoms with Gasteiger partial charge in [-0.15, -0.1) is 0 Å². The van der Waals surface area contributed by atoms with Gasteiger partial charge in [-0.2, -0.15) is 0 Å². The number of hydrogen-bond acceptors (Lipinski definition) is 6. The molecular weight excluding hydrogens is 847 g/mol. The number of carboxylic acids is 1. The van der Waals surface area contributed by atoms with Crippen molar-refractivity contribution in [3.8, 4) is 0 Å². The molecule has 68 heavy (non-hydrogen) atoms. The molecular formula is C60H96NO7+. The van der Waals surface area contributed by atoms with Crippen LogP contribution in [0.3, 0.4) is 0 Å². The minimum Gasteiger partial charge on any atom is -0.477 e. The predicted molar refractivity (Wildman–Crippen MR) is 288 cm³/mol. The molecule has 0 saturated heterocycles. The summed E-state index contributed by atoms with van der Waals surface area (Å²) in [6.07, 6.45) is 70.8. The van der Waals surface area contributed by atoms with Crippen molar-refractivity contribution in [2.24, 2.45) is 0 Å². The maximum Gasteiger partial charge on any atom is 0.362 e. The fourth-order valence-corrected chi connectivity index (χ4v) is 6.83. The molecule has 0 heterocycles. The largest absolute Gasteiger partial charge is 0.477 e. The van der Waals surface area contributed by atoms with E-state index in [1.54, 1.807) is 0 Å². The average molecular weight is 943 g/mol. The number of aliphatic carboxylic acids is 1. The van der Waals surface area contributed by atoms with Gasteiger partial charge in [0.1, 0.15) is 6.61 Å². The average Bonchev–Trinajstić information content (AvgIpc) is 3.30. The van der Waals surface area contributed by atoms with Gasteiger partial charge in [-0.3, -0.25) is 9.59 Å². The van der Waals surface area contributed by atoms with Crippen LogP contribution in [0.25, 0.3) is 0 Å². The van der Waals surface area contributed by atoms with Gasteiger partial charge in [-0.05, 0) is 109 Å². The lowest BCUT2D eigenvalue weighted by Crippen LogP contribution is -2.50. The first-order chi connectivity index (χ1) is 33.1. The van der Waals surface area contributed by atoms with Gasteiger partial charge in [0.15, 0.2) is 12.1 Å². The Kier molecular flexibility index (Phi) is 45.7.